The number of carbonyl (C=O) groups excluding carboxylic acids is 2. The summed E-state index contributed by atoms with van der Waals surface area (Å²) in [5.74, 6) is -0.165. The molecule has 14 heteroatoms. The number of hydrogen-bond acceptors (Lipinski definition) is 14. The fourth-order valence-corrected chi connectivity index (χ4v) is 11.5. The van der Waals surface area contributed by atoms with Crippen LogP contribution in [0.4, 0.5) is 0 Å². The number of aliphatic hydroxyl groups excluding tert-OH is 4. The Bertz CT molecular complexity index is 2040. The van der Waals surface area contributed by atoms with E-state index in [2.05, 4.69) is 40.9 Å². The topological polar surface area (TPSA) is 196 Å². The number of fused-ring (bicyclic) bond motifs is 6. The number of rotatable bonds is 6. The normalized spacial score (nSPS) is 40.1. The van der Waals surface area contributed by atoms with Crippen molar-refractivity contribution < 1.29 is 67.9 Å². The fourth-order valence-electron chi connectivity index (χ4n) is 11.5. The van der Waals surface area contributed by atoms with Crippen molar-refractivity contribution in [1.82, 2.24) is 0 Å². The molecule has 0 saturated carbocycles. The van der Waals surface area contributed by atoms with Crippen LogP contribution in [0, 0.1) is 11.8 Å². The van der Waals surface area contributed by atoms with Crippen LogP contribution >= 0.6 is 0 Å². The second-order valence-corrected chi connectivity index (χ2v) is 22.7. The van der Waals surface area contributed by atoms with Crippen molar-refractivity contribution in [2.45, 2.75) is 241 Å². The second-order valence-electron chi connectivity index (χ2n) is 22.7. The van der Waals surface area contributed by atoms with Gasteiger partial charge in [0.1, 0.15) is 36.6 Å². The SMILES string of the molecule is C=C1C[C@H](C)C[C@@H]2CCCC[C@@H](C/C=C\C(=O)O[C@H]([C@@H](O)/C=C/[C@@H]3CC(C)=CCO3)C[C@@H]3O[C@H]3[C@@H](O)C1)O2.C=C1C[C@H](C)C[C@@H]2CC[C@@H](C/C=C\C(=O)O[C@H]([C@@H](O)/C=C/[C@@H]3CC(C)=CCO3)C[C@@H]3O[C@H]3[C@@H](O)C1)O2. The molecular weight excluding hydrogens is 945 g/mol. The van der Waals surface area contributed by atoms with Gasteiger partial charge in [-0.25, -0.2) is 9.59 Å². The lowest BCUT2D eigenvalue weighted by atomic mass is 9.91. The Kier molecular flexibility index (Phi) is 22.6. The molecule has 0 unspecified atom stereocenters. The van der Waals surface area contributed by atoms with E-state index in [0.29, 0.717) is 63.6 Å². The molecule has 8 heterocycles. The molecule has 0 aromatic carbocycles. The lowest BCUT2D eigenvalue weighted by Gasteiger charge is -2.25. The third-order valence-corrected chi connectivity index (χ3v) is 15.6. The summed E-state index contributed by atoms with van der Waals surface area (Å²) in [6, 6.07) is 0. The molecule has 0 aromatic heterocycles. The van der Waals surface area contributed by atoms with E-state index in [1.165, 1.54) is 23.3 Å². The summed E-state index contributed by atoms with van der Waals surface area (Å²) in [4.78, 5) is 25.3. The number of hydrogen-bond donors (Lipinski definition) is 4. The van der Waals surface area contributed by atoms with Gasteiger partial charge in [-0.1, -0.05) is 111 Å². The molecule has 0 spiro atoms. The predicted octanol–water partition coefficient (Wildman–Crippen LogP) is 8.66. The monoisotopic (exact) mass is 1030 g/mol. The zero-order valence-corrected chi connectivity index (χ0v) is 44.6. The number of cyclic esters (lactones) is 2. The summed E-state index contributed by atoms with van der Waals surface area (Å²) in [5.41, 5.74) is 4.51. The van der Waals surface area contributed by atoms with Gasteiger partial charge in [0.15, 0.2) is 0 Å². The maximum absolute atomic E-state index is 12.7. The minimum absolute atomic E-state index is 0.0839. The van der Waals surface area contributed by atoms with Crippen LogP contribution in [0.5, 0.6) is 0 Å². The Morgan fingerprint density at radius 2 is 0.986 bits per heavy atom. The van der Waals surface area contributed by atoms with Gasteiger partial charge in [0.05, 0.1) is 74.3 Å². The molecule has 0 aromatic rings. The highest BCUT2D eigenvalue weighted by Crippen LogP contribution is 2.37. The summed E-state index contributed by atoms with van der Waals surface area (Å²) < 4.78 is 46.9. The quantitative estimate of drug-likeness (QED) is 0.112. The molecule has 14 nitrogen and oxygen atoms in total. The molecule has 4 fully saturated rings. The van der Waals surface area contributed by atoms with Crippen LogP contribution in [-0.2, 0) is 47.5 Å². The molecule has 18 atom stereocenters. The summed E-state index contributed by atoms with van der Waals surface area (Å²) in [7, 11) is 0. The molecule has 412 valence electrons. The first kappa shape index (κ1) is 58.1. The maximum atomic E-state index is 12.7. The van der Waals surface area contributed by atoms with Crippen molar-refractivity contribution in [3.8, 4) is 0 Å². The van der Waals surface area contributed by atoms with Gasteiger partial charge in [0.25, 0.3) is 0 Å². The molecular formula is C60H88O14. The molecule has 4 N–H and O–H groups in total. The molecule has 74 heavy (non-hydrogen) atoms. The molecule has 0 aliphatic carbocycles. The Morgan fingerprint density at radius 3 is 1.45 bits per heavy atom. The van der Waals surface area contributed by atoms with Gasteiger partial charge >= 0.3 is 11.9 Å². The second kappa shape index (κ2) is 28.7. The van der Waals surface area contributed by atoms with E-state index in [1.807, 2.05) is 30.4 Å². The minimum Gasteiger partial charge on any atom is -0.456 e. The van der Waals surface area contributed by atoms with Crippen LogP contribution in [0.15, 0.2) is 96.2 Å². The van der Waals surface area contributed by atoms with Gasteiger partial charge in [-0.3, -0.25) is 0 Å². The molecule has 4 saturated heterocycles. The van der Waals surface area contributed by atoms with E-state index >= 15 is 0 Å². The van der Waals surface area contributed by atoms with Crippen molar-refractivity contribution in [3.05, 3.63) is 96.2 Å². The van der Waals surface area contributed by atoms with Crippen LogP contribution in [0.25, 0.3) is 0 Å². The van der Waals surface area contributed by atoms with Gasteiger partial charge < -0.3 is 58.3 Å². The van der Waals surface area contributed by atoms with E-state index in [9.17, 15) is 30.0 Å². The molecule has 4 bridgehead atoms. The van der Waals surface area contributed by atoms with Gasteiger partial charge in [0, 0.05) is 25.0 Å². The standard InChI is InChI=1S/C31H46O7.C29H42O7/c1-20-13-14-35-24(16-20)11-12-26(32)28-19-29-31(38-29)27(33)18-22(3)15-21(2)17-25-8-5-4-7-23(36-25)9-6-10-30(34)37-28;1-18-11-12-33-22(14-18)9-10-24(30)26-17-27-29(36-27)25(31)16-20(3)13-19(2)15-23-8-7-21(34-23)5-4-6-28(32)35-26/h6,10-13,21,23-29,31-33H,3-5,7-9,14-19H2,1-2H3;4,6,9-11,19,21-27,29-31H,3,5,7-8,12-17H2,1-2H3/b10-6-,12-11+;6-4-,10-9+/t21-,23-,24+,25-,26-,27-,28-,29-,31-;19-,21+,22+,23-,24-,25-,26-,27-,29-/m00/s1. The summed E-state index contributed by atoms with van der Waals surface area (Å²) in [6.45, 7) is 18.0. The summed E-state index contributed by atoms with van der Waals surface area (Å²) in [5, 5.41) is 43.4. The average Bonchev–Trinajstić information content (AvgIpc) is 4.27. The third kappa shape index (κ3) is 19.5. The highest BCUT2D eigenvalue weighted by Gasteiger charge is 2.48. The highest BCUT2D eigenvalue weighted by molar-refractivity contribution is 5.82. The van der Waals surface area contributed by atoms with E-state index in [4.69, 9.17) is 37.9 Å². The Morgan fingerprint density at radius 1 is 0.568 bits per heavy atom. The lowest BCUT2D eigenvalue weighted by Crippen LogP contribution is -2.32. The molecule has 8 rings (SSSR count). The largest absolute Gasteiger partial charge is 0.456 e. The van der Waals surface area contributed by atoms with Crippen molar-refractivity contribution in [2.75, 3.05) is 13.2 Å². The zero-order chi connectivity index (χ0) is 52.7. The first-order valence-corrected chi connectivity index (χ1v) is 27.9. The lowest BCUT2D eigenvalue weighted by molar-refractivity contribution is -0.148. The Balaban J connectivity index is 0.000000217. The predicted molar refractivity (Wildman–Crippen MR) is 282 cm³/mol. The number of ether oxygens (including phenoxy) is 8. The Labute approximate surface area is 440 Å². The number of carbonyl (C=O) groups is 2. The zero-order valence-electron chi connectivity index (χ0n) is 44.6. The van der Waals surface area contributed by atoms with E-state index in [1.54, 1.807) is 18.2 Å². The first-order chi connectivity index (χ1) is 35.5. The van der Waals surface area contributed by atoms with E-state index in [0.717, 1.165) is 88.2 Å². The van der Waals surface area contributed by atoms with Crippen LogP contribution in [0.1, 0.15) is 143 Å². The molecule has 0 amide bonds. The molecule has 0 radical (unpaired) electrons. The van der Waals surface area contributed by atoms with Crippen molar-refractivity contribution in [3.63, 3.8) is 0 Å². The minimum atomic E-state index is -1.02. The average molecular weight is 1030 g/mol. The van der Waals surface area contributed by atoms with Crippen molar-refractivity contribution in [2.24, 2.45) is 11.8 Å². The summed E-state index contributed by atoms with van der Waals surface area (Å²) >= 11 is 0. The van der Waals surface area contributed by atoms with E-state index in [-0.39, 0.29) is 61.0 Å². The first-order valence-electron chi connectivity index (χ1n) is 27.9. The molecule has 8 aliphatic rings. The van der Waals surface area contributed by atoms with Crippen LogP contribution < -0.4 is 0 Å². The van der Waals surface area contributed by atoms with Crippen LogP contribution in [0.3, 0.4) is 0 Å². The molecule has 8 aliphatic heterocycles. The summed E-state index contributed by atoms with van der Waals surface area (Å²) in [6.07, 6.45) is 26.0. The number of esters is 2. The van der Waals surface area contributed by atoms with Gasteiger partial charge in [-0.2, -0.15) is 0 Å². The van der Waals surface area contributed by atoms with Gasteiger partial charge in [-0.15, -0.1) is 0 Å². The highest BCUT2D eigenvalue weighted by atomic mass is 16.6. The van der Waals surface area contributed by atoms with Gasteiger partial charge in [-0.05, 0) is 116 Å². The number of aliphatic hydroxyl groups is 4. The Hall–Kier alpha value is -3.54. The van der Waals surface area contributed by atoms with Gasteiger partial charge in [0.2, 0.25) is 0 Å². The van der Waals surface area contributed by atoms with E-state index < -0.39 is 48.6 Å². The van der Waals surface area contributed by atoms with Crippen molar-refractivity contribution >= 4 is 11.9 Å². The van der Waals surface area contributed by atoms with Crippen LogP contribution in [-0.4, -0.2) is 143 Å². The fraction of sp³-hybridized carbons (Fsp3) is 0.700. The maximum Gasteiger partial charge on any atom is 0.330 e. The number of epoxide rings is 2. The van der Waals surface area contributed by atoms with Crippen molar-refractivity contribution in [1.29, 1.82) is 0 Å². The van der Waals surface area contributed by atoms with Crippen LogP contribution in [0.2, 0.25) is 0 Å². The smallest absolute Gasteiger partial charge is 0.330 e. The third-order valence-electron chi connectivity index (χ3n) is 15.6.